The Labute approximate surface area is 201 Å². The molecule has 1 fully saturated rings. The second kappa shape index (κ2) is 9.19. The van der Waals surface area contributed by atoms with Gasteiger partial charge in [0.15, 0.2) is 0 Å². The molecule has 0 aliphatic carbocycles. The minimum absolute atomic E-state index is 0.0738. The third-order valence-corrected chi connectivity index (χ3v) is 7.16. The molecule has 5 heterocycles. The van der Waals surface area contributed by atoms with E-state index in [0.717, 1.165) is 33.1 Å². The van der Waals surface area contributed by atoms with E-state index in [4.69, 9.17) is 4.98 Å². The molecular formula is C24H26N6O3S. The minimum atomic E-state index is -0.491. The van der Waals surface area contributed by atoms with E-state index in [-0.39, 0.29) is 18.0 Å². The summed E-state index contributed by atoms with van der Waals surface area (Å²) in [5, 5.41) is 10.1. The Morgan fingerprint density at radius 3 is 2.62 bits per heavy atom. The van der Waals surface area contributed by atoms with E-state index < -0.39 is 6.61 Å². The van der Waals surface area contributed by atoms with Crippen molar-refractivity contribution >= 4 is 40.4 Å². The smallest absolute Gasteiger partial charge is 0.324 e. The van der Waals surface area contributed by atoms with Gasteiger partial charge in [-0.1, -0.05) is 0 Å². The molecule has 2 aliphatic heterocycles. The maximum Gasteiger partial charge on any atom is 0.324 e. The number of hydrogen-bond donors (Lipinski definition) is 1. The molecule has 0 bridgehead atoms. The molecule has 176 valence electrons. The summed E-state index contributed by atoms with van der Waals surface area (Å²) < 4.78 is 0. The Morgan fingerprint density at radius 2 is 1.94 bits per heavy atom. The molecule has 3 aromatic heterocycles. The Hall–Kier alpha value is -3.24. The lowest BCUT2D eigenvalue weighted by Gasteiger charge is -2.43. The van der Waals surface area contributed by atoms with Crippen molar-refractivity contribution in [1.82, 2.24) is 24.8 Å². The number of carbonyl (C=O) groups excluding carboxylic acids is 2. The quantitative estimate of drug-likeness (QED) is 0.575. The molecule has 9 nitrogen and oxygen atoms in total. The van der Waals surface area contributed by atoms with Gasteiger partial charge in [-0.2, -0.15) is 0 Å². The van der Waals surface area contributed by atoms with E-state index in [1.54, 1.807) is 28.6 Å². The van der Waals surface area contributed by atoms with Crippen LogP contribution in [-0.2, 0) is 11.3 Å². The van der Waals surface area contributed by atoms with Gasteiger partial charge < -0.3 is 14.9 Å². The average Bonchev–Trinajstić information content (AvgIpc) is 2.89. The highest BCUT2D eigenvalue weighted by molar-refractivity contribution is 7.98. The van der Waals surface area contributed by atoms with Gasteiger partial charge in [-0.3, -0.25) is 14.7 Å². The number of thioether (sulfide) groups is 1. The zero-order valence-corrected chi connectivity index (χ0v) is 20.0. The van der Waals surface area contributed by atoms with E-state index in [9.17, 15) is 14.7 Å². The Bertz CT molecular complexity index is 1240. The first-order chi connectivity index (χ1) is 16.5. The first-order valence-electron chi connectivity index (χ1n) is 11.2. The summed E-state index contributed by atoms with van der Waals surface area (Å²) in [6.45, 7) is 0.976. The number of aliphatic hydroxyl groups excluding tert-OH is 1. The van der Waals surface area contributed by atoms with Gasteiger partial charge in [0.25, 0.3) is 0 Å². The van der Waals surface area contributed by atoms with Crippen LogP contribution in [0.25, 0.3) is 22.3 Å². The lowest BCUT2D eigenvalue weighted by Crippen LogP contribution is -2.54. The summed E-state index contributed by atoms with van der Waals surface area (Å²) in [6.07, 6.45) is 6.89. The largest absolute Gasteiger partial charge is 0.387 e. The van der Waals surface area contributed by atoms with Gasteiger partial charge in [0.2, 0.25) is 5.91 Å². The summed E-state index contributed by atoms with van der Waals surface area (Å²) in [5.41, 5.74) is 4.85. The highest BCUT2D eigenvalue weighted by atomic mass is 32.2. The maximum atomic E-state index is 13.4. The van der Waals surface area contributed by atoms with Crippen molar-refractivity contribution in [3.05, 3.63) is 42.2 Å². The van der Waals surface area contributed by atoms with Crippen molar-refractivity contribution in [2.24, 2.45) is 0 Å². The van der Waals surface area contributed by atoms with Gasteiger partial charge >= 0.3 is 6.03 Å². The molecule has 0 unspecified atom stereocenters. The molecule has 5 rings (SSSR count). The molecule has 0 atom stereocenters. The maximum absolute atomic E-state index is 13.4. The van der Waals surface area contributed by atoms with Crippen LogP contribution in [0.15, 0.2) is 41.7 Å². The van der Waals surface area contributed by atoms with Crippen LogP contribution in [-0.4, -0.2) is 80.8 Å². The predicted molar refractivity (Wildman–Crippen MR) is 131 cm³/mol. The number of piperidine rings is 1. The molecular weight excluding hydrogens is 452 g/mol. The number of likely N-dealkylation sites (tertiary alicyclic amines) is 1. The van der Waals surface area contributed by atoms with Gasteiger partial charge in [0.05, 0.1) is 28.5 Å². The average molecular weight is 479 g/mol. The topological polar surface area (TPSA) is 103 Å². The number of pyridine rings is 3. The second-order valence-electron chi connectivity index (χ2n) is 8.56. The molecule has 10 heteroatoms. The van der Waals surface area contributed by atoms with Crippen molar-refractivity contribution in [3.8, 4) is 11.3 Å². The van der Waals surface area contributed by atoms with Gasteiger partial charge in [0.1, 0.15) is 12.1 Å². The number of urea groups is 1. The number of anilines is 1. The summed E-state index contributed by atoms with van der Waals surface area (Å²) in [6, 6.07) is 7.68. The van der Waals surface area contributed by atoms with Crippen molar-refractivity contribution in [3.63, 3.8) is 0 Å². The SMILES string of the molecule is CSc1ccc(-c2ccc3ncc4c(c3n2)N(C2CCN(C(=O)CO)CC2)C(=O)N(C)C4)cn1. The van der Waals surface area contributed by atoms with Crippen LogP contribution in [0.2, 0.25) is 0 Å². The standard InChI is InChI=1S/C24H26N6O3S/c1-28-13-16-12-25-19-5-4-18(15-3-6-20(34-2)26-11-15)27-22(19)23(16)30(24(28)33)17-7-9-29(10-8-17)21(32)14-31/h3-6,11-12,17,31H,7-10,13-14H2,1-2H3. The third-order valence-electron chi connectivity index (χ3n) is 6.50. The normalized spacial score (nSPS) is 16.8. The van der Waals surface area contributed by atoms with Crippen LogP contribution >= 0.6 is 11.8 Å². The first kappa shape index (κ1) is 22.5. The van der Waals surface area contributed by atoms with Gasteiger partial charge in [-0.05, 0) is 43.4 Å². The van der Waals surface area contributed by atoms with Crippen molar-refractivity contribution in [2.75, 3.05) is 37.9 Å². The third kappa shape index (κ3) is 3.97. The van der Waals surface area contributed by atoms with Gasteiger partial charge in [-0.15, -0.1) is 11.8 Å². The van der Waals surface area contributed by atoms with E-state index >= 15 is 0 Å². The highest BCUT2D eigenvalue weighted by Crippen LogP contribution is 2.37. The predicted octanol–water partition coefficient (Wildman–Crippen LogP) is 2.77. The fourth-order valence-electron chi connectivity index (χ4n) is 4.70. The van der Waals surface area contributed by atoms with Crippen molar-refractivity contribution in [1.29, 1.82) is 0 Å². The molecule has 0 saturated carbocycles. The van der Waals surface area contributed by atoms with E-state index in [1.165, 1.54) is 0 Å². The van der Waals surface area contributed by atoms with Crippen LogP contribution in [0.4, 0.5) is 10.5 Å². The summed E-state index contributed by atoms with van der Waals surface area (Å²) >= 11 is 1.58. The Kier molecular flexibility index (Phi) is 6.09. The minimum Gasteiger partial charge on any atom is -0.387 e. The van der Waals surface area contributed by atoms with Crippen LogP contribution < -0.4 is 4.90 Å². The first-order valence-corrected chi connectivity index (χ1v) is 12.4. The molecule has 0 aromatic carbocycles. The lowest BCUT2D eigenvalue weighted by atomic mass is 9.99. The highest BCUT2D eigenvalue weighted by Gasteiger charge is 2.37. The molecule has 3 amide bonds. The Morgan fingerprint density at radius 1 is 1.15 bits per heavy atom. The van der Waals surface area contributed by atoms with Crippen LogP contribution in [0.1, 0.15) is 18.4 Å². The molecule has 0 radical (unpaired) electrons. The Balaban J connectivity index is 1.57. The number of aliphatic hydroxyl groups is 1. The van der Waals surface area contributed by atoms with E-state index in [0.29, 0.717) is 38.0 Å². The number of amides is 3. The number of carbonyl (C=O) groups is 2. The fourth-order valence-corrected chi connectivity index (χ4v) is 5.07. The molecule has 0 spiro atoms. The number of fused-ring (bicyclic) bond motifs is 3. The number of nitrogens with zero attached hydrogens (tertiary/aromatic N) is 6. The van der Waals surface area contributed by atoms with Crippen LogP contribution in [0.3, 0.4) is 0 Å². The zero-order chi connectivity index (χ0) is 23.8. The van der Waals surface area contributed by atoms with Gasteiger partial charge in [-0.25, -0.2) is 14.8 Å². The summed E-state index contributed by atoms with van der Waals surface area (Å²) in [4.78, 5) is 44.5. The molecule has 1 N–H and O–H groups in total. The van der Waals surface area contributed by atoms with Crippen molar-refractivity contribution < 1.29 is 14.7 Å². The summed E-state index contributed by atoms with van der Waals surface area (Å²) in [5.74, 6) is -0.275. The number of hydrogen-bond acceptors (Lipinski definition) is 7. The van der Waals surface area contributed by atoms with Crippen LogP contribution in [0.5, 0.6) is 0 Å². The molecule has 2 aliphatic rings. The number of rotatable bonds is 4. The van der Waals surface area contributed by atoms with Crippen LogP contribution in [0, 0.1) is 0 Å². The molecule has 34 heavy (non-hydrogen) atoms. The van der Waals surface area contributed by atoms with Gasteiger partial charge in [0, 0.05) is 49.7 Å². The molecule has 3 aromatic rings. The molecule has 1 saturated heterocycles. The monoisotopic (exact) mass is 478 g/mol. The number of aromatic nitrogens is 3. The van der Waals surface area contributed by atoms with E-state index in [2.05, 4.69) is 9.97 Å². The summed E-state index contributed by atoms with van der Waals surface area (Å²) in [7, 11) is 1.79. The van der Waals surface area contributed by atoms with E-state index in [1.807, 2.05) is 47.8 Å². The zero-order valence-electron chi connectivity index (χ0n) is 19.1. The second-order valence-corrected chi connectivity index (χ2v) is 9.39. The van der Waals surface area contributed by atoms with Crippen molar-refractivity contribution in [2.45, 2.75) is 30.5 Å². The lowest BCUT2D eigenvalue weighted by molar-refractivity contribution is -0.135. The fraction of sp³-hybridized carbons (Fsp3) is 0.375.